The standard InChI is InChI=1S/C12H18O3/c1-6-12(7-2)8(3)9-10(15-12)14-11(4,5)13-9/h1,8-10H,7H2,2-5H3/t8?,9?,10-,12-/m1/s1. The van der Waals surface area contributed by atoms with Crippen molar-refractivity contribution >= 4 is 0 Å². The van der Waals surface area contributed by atoms with Crippen molar-refractivity contribution in [1.82, 2.24) is 0 Å². The molecule has 2 unspecified atom stereocenters. The predicted molar refractivity (Wildman–Crippen MR) is 55.9 cm³/mol. The van der Waals surface area contributed by atoms with Crippen molar-refractivity contribution in [2.45, 2.75) is 57.9 Å². The highest BCUT2D eigenvalue weighted by atomic mass is 16.8. The fraction of sp³-hybridized carbons (Fsp3) is 0.833. The Morgan fingerprint density at radius 3 is 2.40 bits per heavy atom. The summed E-state index contributed by atoms with van der Waals surface area (Å²) in [5.41, 5.74) is -0.522. The molecular formula is C12H18O3. The zero-order valence-corrected chi connectivity index (χ0v) is 9.74. The van der Waals surface area contributed by atoms with Gasteiger partial charge in [0.15, 0.2) is 12.1 Å². The largest absolute Gasteiger partial charge is 0.341 e. The first-order chi connectivity index (χ1) is 6.94. The van der Waals surface area contributed by atoms with Gasteiger partial charge in [0.25, 0.3) is 0 Å². The van der Waals surface area contributed by atoms with E-state index in [1.165, 1.54) is 0 Å². The Labute approximate surface area is 91.1 Å². The summed E-state index contributed by atoms with van der Waals surface area (Å²) in [5.74, 6) is 2.36. The zero-order valence-electron chi connectivity index (χ0n) is 9.74. The van der Waals surface area contributed by atoms with Crippen molar-refractivity contribution < 1.29 is 14.2 Å². The molecule has 0 radical (unpaired) electrons. The van der Waals surface area contributed by atoms with E-state index in [-0.39, 0.29) is 18.3 Å². The Bertz CT molecular complexity index is 304. The molecule has 3 nitrogen and oxygen atoms in total. The molecule has 0 bridgehead atoms. The molecule has 0 amide bonds. The van der Waals surface area contributed by atoms with Gasteiger partial charge in [0.2, 0.25) is 0 Å². The third kappa shape index (κ3) is 1.48. The molecule has 0 aliphatic carbocycles. The van der Waals surface area contributed by atoms with Crippen LogP contribution in [0.25, 0.3) is 0 Å². The molecule has 0 aromatic carbocycles. The molecule has 15 heavy (non-hydrogen) atoms. The highest BCUT2D eigenvalue weighted by molar-refractivity contribution is 5.16. The van der Waals surface area contributed by atoms with Crippen molar-refractivity contribution in [3.63, 3.8) is 0 Å². The smallest absolute Gasteiger partial charge is 0.189 e. The van der Waals surface area contributed by atoms with Gasteiger partial charge in [-0.1, -0.05) is 19.8 Å². The van der Waals surface area contributed by atoms with Crippen molar-refractivity contribution in [2.75, 3.05) is 0 Å². The van der Waals surface area contributed by atoms with Crippen molar-refractivity contribution in [2.24, 2.45) is 5.92 Å². The molecule has 2 fully saturated rings. The molecular weight excluding hydrogens is 192 g/mol. The van der Waals surface area contributed by atoms with E-state index < -0.39 is 11.4 Å². The summed E-state index contributed by atoms with van der Waals surface area (Å²) in [6.45, 7) is 7.89. The molecule has 2 rings (SSSR count). The van der Waals surface area contributed by atoms with Gasteiger partial charge in [-0.05, 0) is 20.3 Å². The molecule has 2 heterocycles. The quantitative estimate of drug-likeness (QED) is 0.619. The molecule has 0 aromatic heterocycles. The molecule has 2 saturated heterocycles. The summed E-state index contributed by atoms with van der Waals surface area (Å²) >= 11 is 0. The number of terminal acetylenes is 1. The maximum absolute atomic E-state index is 5.84. The van der Waals surface area contributed by atoms with E-state index in [9.17, 15) is 0 Å². The summed E-state index contributed by atoms with van der Waals surface area (Å²) in [5, 5.41) is 0. The van der Waals surface area contributed by atoms with Crippen LogP contribution in [0.15, 0.2) is 0 Å². The molecule has 0 N–H and O–H groups in total. The molecule has 0 saturated carbocycles. The minimum atomic E-state index is -0.557. The maximum Gasteiger partial charge on any atom is 0.189 e. The van der Waals surface area contributed by atoms with Gasteiger partial charge in [-0.3, -0.25) is 0 Å². The molecule has 0 aromatic rings. The van der Waals surface area contributed by atoms with E-state index in [0.29, 0.717) is 0 Å². The third-order valence-corrected chi connectivity index (χ3v) is 3.41. The number of rotatable bonds is 1. The summed E-state index contributed by atoms with van der Waals surface area (Å²) in [6.07, 6.45) is 5.98. The zero-order chi connectivity index (χ0) is 11.3. The van der Waals surface area contributed by atoms with Gasteiger partial charge in [-0.25, -0.2) is 0 Å². The molecule has 3 heteroatoms. The van der Waals surface area contributed by atoms with Crippen LogP contribution in [0.2, 0.25) is 0 Å². The van der Waals surface area contributed by atoms with Crippen molar-refractivity contribution in [3.8, 4) is 12.3 Å². The second kappa shape index (κ2) is 3.21. The van der Waals surface area contributed by atoms with Gasteiger partial charge < -0.3 is 14.2 Å². The fourth-order valence-electron chi connectivity index (χ4n) is 2.44. The number of hydrogen-bond donors (Lipinski definition) is 0. The highest BCUT2D eigenvalue weighted by Gasteiger charge is 2.58. The number of hydrogen-bond acceptors (Lipinski definition) is 3. The van der Waals surface area contributed by atoms with Crippen LogP contribution >= 0.6 is 0 Å². The normalized spacial score (nSPS) is 47.5. The van der Waals surface area contributed by atoms with E-state index in [4.69, 9.17) is 20.6 Å². The molecule has 4 atom stereocenters. The molecule has 2 aliphatic heterocycles. The molecule has 84 valence electrons. The van der Waals surface area contributed by atoms with Crippen LogP contribution in [0.5, 0.6) is 0 Å². The average molecular weight is 210 g/mol. The van der Waals surface area contributed by atoms with E-state index in [1.54, 1.807) is 0 Å². The van der Waals surface area contributed by atoms with Gasteiger partial charge in [0, 0.05) is 5.92 Å². The van der Waals surface area contributed by atoms with Crippen LogP contribution in [0.1, 0.15) is 34.1 Å². The minimum Gasteiger partial charge on any atom is -0.341 e. The summed E-state index contributed by atoms with van der Waals surface area (Å²) in [6, 6.07) is 0. The lowest BCUT2D eigenvalue weighted by molar-refractivity contribution is -0.221. The predicted octanol–water partition coefficient (Wildman–Crippen LogP) is 1.91. The van der Waals surface area contributed by atoms with Crippen molar-refractivity contribution in [1.29, 1.82) is 0 Å². The lowest BCUT2D eigenvalue weighted by Crippen LogP contribution is -2.37. The van der Waals surface area contributed by atoms with E-state index >= 15 is 0 Å². The first-order valence-electron chi connectivity index (χ1n) is 5.45. The Balaban J connectivity index is 2.22. The Morgan fingerprint density at radius 2 is 1.93 bits per heavy atom. The number of ether oxygens (including phenoxy) is 3. The summed E-state index contributed by atoms with van der Waals surface area (Å²) < 4.78 is 17.3. The second-order valence-electron chi connectivity index (χ2n) is 4.76. The van der Waals surface area contributed by atoms with Crippen LogP contribution in [-0.4, -0.2) is 23.8 Å². The van der Waals surface area contributed by atoms with Gasteiger partial charge in [0.05, 0.1) is 0 Å². The van der Waals surface area contributed by atoms with E-state index in [1.807, 2.05) is 20.8 Å². The molecule has 2 aliphatic rings. The van der Waals surface area contributed by atoms with Crippen LogP contribution < -0.4 is 0 Å². The van der Waals surface area contributed by atoms with E-state index in [0.717, 1.165) is 6.42 Å². The van der Waals surface area contributed by atoms with Crippen LogP contribution in [0.3, 0.4) is 0 Å². The van der Waals surface area contributed by atoms with E-state index in [2.05, 4.69) is 12.8 Å². The summed E-state index contributed by atoms with van der Waals surface area (Å²) in [4.78, 5) is 0. The topological polar surface area (TPSA) is 27.7 Å². The van der Waals surface area contributed by atoms with Crippen LogP contribution in [-0.2, 0) is 14.2 Å². The first-order valence-corrected chi connectivity index (χ1v) is 5.45. The minimum absolute atomic E-state index is 0.0454. The molecule has 0 spiro atoms. The Kier molecular flexibility index (Phi) is 2.34. The van der Waals surface area contributed by atoms with Crippen LogP contribution in [0.4, 0.5) is 0 Å². The van der Waals surface area contributed by atoms with Gasteiger partial charge in [0.1, 0.15) is 11.7 Å². The first kappa shape index (κ1) is 10.9. The van der Waals surface area contributed by atoms with Crippen LogP contribution in [0, 0.1) is 18.3 Å². The fourth-order valence-corrected chi connectivity index (χ4v) is 2.44. The second-order valence-corrected chi connectivity index (χ2v) is 4.76. The van der Waals surface area contributed by atoms with Gasteiger partial charge in [-0.15, -0.1) is 6.42 Å². The third-order valence-electron chi connectivity index (χ3n) is 3.41. The monoisotopic (exact) mass is 210 g/mol. The van der Waals surface area contributed by atoms with Gasteiger partial charge in [-0.2, -0.15) is 0 Å². The maximum atomic E-state index is 5.84. The lowest BCUT2D eigenvalue weighted by Gasteiger charge is -2.29. The van der Waals surface area contributed by atoms with Crippen molar-refractivity contribution in [3.05, 3.63) is 0 Å². The number of fused-ring (bicyclic) bond motifs is 1. The Morgan fingerprint density at radius 1 is 1.27 bits per heavy atom. The highest BCUT2D eigenvalue weighted by Crippen LogP contribution is 2.46. The lowest BCUT2D eigenvalue weighted by atomic mass is 9.86. The SMILES string of the molecule is C#C[C@]1(CC)O[C@H]2OC(C)(C)OC2C1C. The average Bonchev–Trinajstić information content (AvgIpc) is 2.59. The summed E-state index contributed by atoms with van der Waals surface area (Å²) in [7, 11) is 0. The van der Waals surface area contributed by atoms with Gasteiger partial charge >= 0.3 is 0 Å². The Hall–Kier alpha value is -0.560.